The van der Waals surface area contributed by atoms with Gasteiger partial charge in [0.05, 0.1) is 23.2 Å². The fourth-order valence-electron chi connectivity index (χ4n) is 2.84. The second-order valence-corrected chi connectivity index (χ2v) is 6.19. The number of alkyl halides is 1. The maximum absolute atomic E-state index is 13.0. The van der Waals surface area contributed by atoms with E-state index in [1.165, 1.54) is 6.20 Å². The number of anilines is 2. The fourth-order valence-corrected chi connectivity index (χ4v) is 2.84. The SMILES string of the molecule is N#Cc1ccccc1-c1cc2cc(NC(=O)[C@@H]3C[C@@H]3F)ncc2c(N)n1. The molecule has 4 rings (SSSR count). The number of benzene rings is 1. The molecule has 0 radical (unpaired) electrons. The predicted octanol–water partition coefficient (Wildman–Crippen LogP) is 3.05. The third kappa shape index (κ3) is 2.82. The van der Waals surface area contributed by atoms with Crippen molar-refractivity contribution in [2.24, 2.45) is 5.92 Å². The van der Waals surface area contributed by atoms with Gasteiger partial charge in [-0.05, 0) is 30.0 Å². The molecule has 128 valence electrons. The lowest BCUT2D eigenvalue weighted by molar-refractivity contribution is -0.117. The van der Waals surface area contributed by atoms with Crippen molar-refractivity contribution in [3.8, 4) is 17.3 Å². The van der Waals surface area contributed by atoms with Crippen molar-refractivity contribution >= 4 is 28.3 Å². The van der Waals surface area contributed by atoms with Crippen molar-refractivity contribution in [2.45, 2.75) is 12.6 Å². The molecule has 3 aromatic rings. The van der Waals surface area contributed by atoms with Gasteiger partial charge in [0.15, 0.2) is 0 Å². The van der Waals surface area contributed by atoms with Crippen LogP contribution in [-0.4, -0.2) is 22.0 Å². The summed E-state index contributed by atoms with van der Waals surface area (Å²) in [6.45, 7) is 0. The number of nitrogen functional groups attached to an aromatic ring is 1. The van der Waals surface area contributed by atoms with Crippen LogP contribution in [0.1, 0.15) is 12.0 Å². The van der Waals surface area contributed by atoms with Gasteiger partial charge in [0.25, 0.3) is 0 Å². The van der Waals surface area contributed by atoms with Crippen LogP contribution in [-0.2, 0) is 4.79 Å². The minimum absolute atomic E-state index is 0.255. The summed E-state index contributed by atoms with van der Waals surface area (Å²) in [4.78, 5) is 20.4. The second-order valence-electron chi connectivity index (χ2n) is 6.19. The minimum Gasteiger partial charge on any atom is -0.383 e. The van der Waals surface area contributed by atoms with E-state index in [9.17, 15) is 14.4 Å². The number of pyridine rings is 2. The number of halogens is 1. The van der Waals surface area contributed by atoms with Crippen molar-refractivity contribution in [3.63, 3.8) is 0 Å². The number of nitrogens with zero attached hydrogens (tertiary/aromatic N) is 3. The molecule has 0 spiro atoms. The molecular weight excluding hydrogens is 333 g/mol. The zero-order valence-electron chi connectivity index (χ0n) is 13.6. The Morgan fingerprint density at radius 3 is 2.85 bits per heavy atom. The number of nitrogens with two attached hydrogens (primary N) is 1. The molecular formula is C19H14FN5O. The van der Waals surface area contributed by atoms with Crippen molar-refractivity contribution in [2.75, 3.05) is 11.1 Å². The lowest BCUT2D eigenvalue weighted by Crippen LogP contribution is -2.15. The van der Waals surface area contributed by atoms with Crippen molar-refractivity contribution in [1.82, 2.24) is 9.97 Å². The van der Waals surface area contributed by atoms with Gasteiger partial charge in [-0.1, -0.05) is 18.2 Å². The van der Waals surface area contributed by atoms with Crippen LogP contribution in [0.5, 0.6) is 0 Å². The van der Waals surface area contributed by atoms with Gasteiger partial charge < -0.3 is 11.1 Å². The van der Waals surface area contributed by atoms with Gasteiger partial charge in [0.2, 0.25) is 5.91 Å². The Balaban J connectivity index is 1.75. The molecule has 7 heteroatoms. The Hall–Kier alpha value is -3.53. The van der Waals surface area contributed by atoms with Crippen LogP contribution in [0.25, 0.3) is 22.0 Å². The van der Waals surface area contributed by atoms with Gasteiger partial charge in [0.1, 0.15) is 17.8 Å². The summed E-state index contributed by atoms with van der Waals surface area (Å²) in [5.74, 6) is -0.358. The number of hydrogen-bond donors (Lipinski definition) is 2. The molecule has 2 heterocycles. The molecule has 0 unspecified atom stereocenters. The van der Waals surface area contributed by atoms with Gasteiger partial charge in [-0.25, -0.2) is 14.4 Å². The van der Waals surface area contributed by atoms with E-state index in [-0.39, 0.29) is 18.1 Å². The monoisotopic (exact) mass is 347 g/mol. The zero-order valence-corrected chi connectivity index (χ0v) is 13.6. The lowest BCUT2D eigenvalue weighted by atomic mass is 10.0. The third-order valence-electron chi connectivity index (χ3n) is 4.37. The molecule has 1 saturated carbocycles. The highest BCUT2D eigenvalue weighted by Gasteiger charge is 2.43. The van der Waals surface area contributed by atoms with Crippen molar-refractivity contribution in [3.05, 3.63) is 48.2 Å². The van der Waals surface area contributed by atoms with Crippen LogP contribution < -0.4 is 11.1 Å². The Bertz CT molecular complexity index is 1080. The van der Waals surface area contributed by atoms with E-state index >= 15 is 0 Å². The van der Waals surface area contributed by atoms with Crippen LogP contribution in [0.3, 0.4) is 0 Å². The Morgan fingerprint density at radius 2 is 2.12 bits per heavy atom. The summed E-state index contributed by atoms with van der Waals surface area (Å²) < 4.78 is 13.0. The van der Waals surface area contributed by atoms with Crippen molar-refractivity contribution < 1.29 is 9.18 Å². The third-order valence-corrected chi connectivity index (χ3v) is 4.37. The van der Waals surface area contributed by atoms with E-state index in [0.717, 1.165) is 5.39 Å². The molecule has 2 atom stereocenters. The highest BCUT2D eigenvalue weighted by atomic mass is 19.1. The van der Waals surface area contributed by atoms with Crippen LogP contribution in [0.4, 0.5) is 16.0 Å². The molecule has 0 aliphatic heterocycles. The van der Waals surface area contributed by atoms with Crippen molar-refractivity contribution in [1.29, 1.82) is 5.26 Å². The summed E-state index contributed by atoms with van der Waals surface area (Å²) >= 11 is 0. The van der Waals surface area contributed by atoms with E-state index in [1.807, 2.05) is 6.07 Å². The maximum atomic E-state index is 13.0. The second kappa shape index (κ2) is 6.08. The summed E-state index contributed by atoms with van der Waals surface area (Å²) in [6, 6.07) is 12.7. The van der Waals surface area contributed by atoms with Crippen LogP contribution >= 0.6 is 0 Å². The molecule has 1 aromatic carbocycles. The topological polar surface area (TPSA) is 105 Å². The van der Waals surface area contributed by atoms with E-state index in [4.69, 9.17) is 5.73 Å². The average Bonchev–Trinajstić information content (AvgIpc) is 3.38. The van der Waals surface area contributed by atoms with Gasteiger partial charge in [-0.3, -0.25) is 4.79 Å². The first-order valence-corrected chi connectivity index (χ1v) is 8.07. The fraction of sp³-hybridized carbons (Fsp3) is 0.158. The number of aromatic nitrogens is 2. The maximum Gasteiger partial charge on any atom is 0.231 e. The van der Waals surface area contributed by atoms with Crippen LogP contribution in [0.2, 0.25) is 0 Å². The standard InChI is InChI=1S/C19H14FN5O/c20-15-7-13(15)19(26)25-17-6-11-5-16(24-18(22)14(11)9-23-17)12-4-2-1-3-10(12)8-21/h1-6,9,13,15H,7H2,(H2,22,24)(H,23,25,26)/t13-,15+/m1/s1. The van der Waals surface area contributed by atoms with Gasteiger partial charge in [0, 0.05) is 17.1 Å². The Morgan fingerprint density at radius 1 is 1.35 bits per heavy atom. The number of nitriles is 1. The first-order chi connectivity index (χ1) is 12.6. The molecule has 1 fully saturated rings. The molecule has 1 amide bonds. The van der Waals surface area contributed by atoms with E-state index in [1.54, 1.807) is 30.3 Å². The summed E-state index contributed by atoms with van der Waals surface area (Å²) in [5, 5.41) is 13.3. The van der Waals surface area contributed by atoms with E-state index in [2.05, 4.69) is 21.4 Å². The van der Waals surface area contributed by atoms with E-state index < -0.39 is 12.1 Å². The molecule has 6 nitrogen and oxygen atoms in total. The molecule has 0 saturated heterocycles. The number of amides is 1. The molecule has 2 aromatic heterocycles. The molecule has 26 heavy (non-hydrogen) atoms. The minimum atomic E-state index is -1.07. The number of carbonyl (C=O) groups excluding carboxylic acids is 1. The van der Waals surface area contributed by atoms with Crippen LogP contribution in [0.15, 0.2) is 42.6 Å². The Labute approximate surface area is 148 Å². The highest BCUT2D eigenvalue weighted by molar-refractivity contribution is 5.98. The highest BCUT2D eigenvalue weighted by Crippen LogP contribution is 2.35. The number of fused-ring (bicyclic) bond motifs is 1. The molecule has 0 bridgehead atoms. The summed E-state index contributed by atoms with van der Waals surface area (Å²) in [6.07, 6.45) is 0.711. The smallest absolute Gasteiger partial charge is 0.231 e. The van der Waals surface area contributed by atoms with E-state index in [0.29, 0.717) is 28.0 Å². The first-order valence-electron chi connectivity index (χ1n) is 8.07. The molecule has 3 N–H and O–H groups in total. The molecule has 1 aliphatic rings. The first kappa shape index (κ1) is 16.0. The van der Waals surface area contributed by atoms with Crippen LogP contribution in [0, 0.1) is 17.2 Å². The van der Waals surface area contributed by atoms with Gasteiger partial charge >= 0.3 is 0 Å². The number of hydrogen-bond acceptors (Lipinski definition) is 5. The lowest BCUT2D eigenvalue weighted by Gasteiger charge is -2.09. The summed E-state index contributed by atoms with van der Waals surface area (Å²) in [7, 11) is 0. The number of nitrogens with one attached hydrogen (secondary N) is 1. The summed E-state index contributed by atoms with van der Waals surface area (Å²) in [5.41, 5.74) is 7.76. The quantitative estimate of drug-likeness (QED) is 0.758. The normalized spacial score (nSPS) is 18.3. The van der Waals surface area contributed by atoms with Gasteiger partial charge in [-0.2, -0.15) is 5.26 Å². The number of rotatable bonds is 3. The average molecular weight is 347 g/mol. The Kier molecular flexibility index (Phi) is 3.73. The predicted molar refractivity (Wildman–Crippen MR) is 95.7 cm³/mol. The molecule has 1 aliphatic carbocycles. The zero-order chi connectivity index (χ0) is 18.3. The van der Waals surface area contributed by atoms with Gasteiger partial charge in [-0.15, -0.1) is 0 Å². The number of carbonyl (C=O) groups is 1. The largest absolute Gasteiger partial charge is 0.383 e.